The molecule has 0 aliphatic carbocycles. The van der Waals surface area contributed by atoms with Gasteiger partial charge in [-0.15, -0.1) is 0 Å². The molecule has 0 spiro atoms. The number of carbonyl (C=O) groups is 1. The van der Waals surface area contributed by atoms with Crippen molar-refractivity contribution in [2.75, 3.05) is 26.7 Å². The van der Waals surface area contributed by atoms with Crippen LogP contribution >= 0.6 is 0 Å². The number of rotatable bonds is 6. The summed E-state index contributed by atoms with van der Waals surface area (Å²) in [6.07, 6.45) is 2.36. The fraction of sp³-hybridized carbons (Fsp3) is 0.333. The first-order valence-corrected chi connectivity index (χ1v) is 9.43. The Morgan fingerprint density at radius 1 is 1.21 bits per heavy atom. The van der Waals surface area contributed by atoms with Gasteiger partial charge in [0.15, 0.2) is 5.58 Å². The van der Waals surface area contributed by atoms with Crippen LogP contribution in [0.4, 0.5) is 0 Å². The molecule has 28 heavy (non-hydrogen) atoms. The lowest BCUT2D eigenvalue weighted by Crippen LogP contribution is -2.37. The predicted molar refractivity (Wildman–Crippen MR) is 106 cm³/mol. The maximum absolute atomic E-state index is 13.0. The Bertz CT molecular complexity index is 1020. The highest BCUT2D eigenvalue weighted by atomic mass is 16.5. The predicted octanol–water partition coefficient (Wildman–Crippen LogP) is 2.70. The average molecular weight is 381 g/mol. The van der Waals surface area contributed by atoms with Crippen LogP contribution in [0.25, 0.3) is 11.1 Å². The second-order valence-corrected chi connectivity index (χ2v) is 7.00. The van der Waals surface area contributed by atoms with Crippen molar-refractivity contribution in [3.63, 3.8) is 0 Å². The molecule has 2 aromatic carbocycles. The van der Waals surface area contributed by atoms with E-state index in [0.717, 1.165) is 30.9 Å². The zero-order valence-corrected chi connectivity index (χ0v) is 15.7. The van der Waals surface area contributed by atoms with E-state index in [4.69, 9.17) is 9.15 Å². The third kappa shape index (κ3) is 3.80. The van der Waals surface area contributed by atoms with E-state index >= 15 is 0 Å². The van der Waals surface area contributed by atoms with E-state index < -0.39 is 5.76 Å². The SMILES string of the molecule is COc1ccc(C(CN2CCCC2)NC(=O)c2cccc3[nH]c(=O)oc23)cc1. The average Bonchev–Trinajstić information content (AvgIpc) is 3.35. The highest BCUT2D eigenvalue weighted by Crippen LogP contribution is 2.22. The maximum Gasteiger partial charge on any atom is 0.417 e. The monoisotopic (exact) mass is 381 g/mol. The number of H-pyrrole nitrogens is 1. The van der Waals surface area contributed by atoms with Gasteiger partial charge < -0.3 is 19.4 Å². The summed E-state index contributed by atoms with van der Waals surface area (Å²) in [5, 5.41) is 3.12. The molecule has 1 amide bonds. The molecule has 0 saturated carbocycles. The van der Waals surface area contributed by atoms with Crippen LogP contribution < -0.4 is 15.8 Å². The first kappa shape index (κ1) is 18.3. The van der Waals surface area contributed by atoms with Crippen molar-refractivity contribution < 1.29 is 13.9 Å². The zero-order chi connectivity index (χ0) is 19.5. The lowest BCUT2D eigenvalue weighted by molar-refractivity contribution is 0.0928. The minimum atomic E-state index is -0.570. The summed E-state index contributed by atoms with van der Waals surface area (Å²) < 4.78 is 10.4. The Labute approximate surface area is 162 Å². The van der Waals surface area contributed by atoms with Gasteiger partial charge >= 0.3 is 5.76 Å². The van der Waals surface area contributed by atoms with Gasteiger partial charge in [0.25, 0.3) is 5.91 Å². The molecule has 7 heteroatoms. The minimum absolute atomic E-state index is 0.183. The molecule has 1 saturated heterocycles. The number of amides is 1. The Balaban J connectivity index is 1.61. The van der Waals surface area contributed by atoms with Gasteiger partial charge in [-0.05, 0) is 55.8 Å². The second-order valence-electron chi connectivity index (χ2n) is 7.00. The number of nitrogens with one attached hydrogen (secondary N) is 2. The largest absolute Gasteiger partial charge is 0.497 e. The number of fused-ring (bicyclic) bond motifs is 1. The Kier molecular flexibility index (Phi) is 5.16. The van der Waals surface area contributed by atoms with E-state index in [9.17, 15) is 9.59 Å². The molecule has 0 radical (unpaired) electrons. The van der Waals surface area contributed by atoms with E-state index in [2.05, 4.69) is 15.2 Å². The lowest BCUT2D eigenvalue weighted by Gasteiger charge is -2.25. The molecular formula is C21H23N3O4. The molecule has 1 aliphatic rings. The fourth-order valence-electron chi connectivity index (χ4n) is 3.68. The molecule has 1 aromatic heterocycles. The van der Waals surface area contributed by atoms with Crippen LogP contribution in [0.15, 0.2) is 51.7 Å². The summed E-state index contributed by atoms with van der Waals surface area (Å²) in [7, 11) is 1.63. The number of nitrogens with zero attached hydrogens (tertiary/aromatic N) is 1. The molecule has 1 unspecified atom stereocenters. The van der Waals surface area contributed by atoms with Crippen LogP contribution in [-0.4, -0.2) is 42.5 Å². The highest BCUT2D eigenvalue weighted by molar-refractivity contribution is 6.04. The standard InChI is InChI=1S/C21H23N3O4/c1-27-15-9-7-14(8-10-15)18(13-24-11-2-3-12-24)22-20(25)16-5-4-6-17-19(16)28-21(26)23-17/h4-10,18H,2-3,11-13H2,1H3,(H,22,25)(H,23,26). The first-order valence-electron chi connectivity index (χ1n) is 9.43. The Morgan fingerprint density at radius 3 is 2.68 bits per heavy atom. The summed E-state index contributed by atoms with van der Waals surface area (Å²) in [6.45, 7) is 2.79. The van der Waals surface area contributed by atoms with Gasteiger partial charge in [-0.1, -0.05) is 18.2 Å². The third-order valence-electron chi connectivity index (χ3n) is 5.15. The fourth-order valence-corrected chi connectivity index (χ4v) is 3.68. The van der Waals surface area contributed by atoms with Gasteiger partial charge in [-0.2, -0.15) is 0 Å². The molecule has 4 rings (SSSR count). The van der Waals surface area contributed by atoms with Crippen LogP contribution in [0, 0.1) is 0 Å². The summed E-state index contributed by atoms with van der Waals surface area (Å²) in [6, 6.07) is 12.6. The van der Waals surface area contributed by atoms with Crippen LogP contribution in [0.2, 0.25) is 0 Å². The lowest BCUT2D eigenvalue weighted by atomic mass is 10.0. The third-order valence-corrected chi connectivity index (χ3v) is 5.15. The van der Waals surface area contributed by atoms with E-state index in [1.54, 1.807) is 25.3 Å². The van der Waals surface area contributed by atoms with Crippen molar-refractivity contribution in [3.05, 3.63) is 64.1 Å². The van der Waals surface area contributed by atoms with Crippen molar-refractivity contribution >= 4 is 17.0 Å². The maximum atomic E-state index is 13.0. The molecule has 0 bridgehead atoms. The highest BCUT2D eigenvalue weighted by Gasteiger charge is 2.23. The van der Waals surface area contributed by atoms with Crippen LogP contribution in [0.1, 0.15) is 34.8 Å². The number of methoxy groups -OCH3 is 1. The number of likely N-dealkylation sites (tertiary alicyclic amines) is 1. The molecule has 3 aromatic rings. The number of carbonyl (C=O) groups excluding carboxylic acids is 1. The second kappa shape index (κ2) is 7.90. The van der Waals surface area contributed by atoms with Gasteiger partial charge in [0, 0.05) is 6.54 Å². The van der Waals surface area contributed by atoms with Gasteiger partial charge in [0.05, 0.1) is 24.2 Å². The van der Waals surface area contributed by atoms with E-state index in [0.29, 0.717) is 11.1 Å². The van der Waals surface area contributed by atoms with Crippen LogP contribution in [-0.2, 0) is 0 Å². The Morgan fingerprint density at radius 2 is 1.96 bits per heavy atom. The molecule has 1 fully saturated rings. The molecule has 2 N–H and O–H groups in total. The Hall–Kier alpha value is -3.06. The minimum Gasteiger partial charge on any atom is -0.497 e. The smallest absolute Gasteiger partial charge is 0.417 e. The van der Waals surface area contributed by atoms with Crippen molar-refractivity contribution in [1.82, 2.24) is 15.2 Å². The number of ether oxygens (including phenoxy) is 1. The molecule has 2 heterocycles. The van der Waals surface area contributed by atoms with Crippen molar-refractivity contribution in [3.8, 4) is 5.75 Å². The van der Waals surface area contributed by atoms with Crippen molar-refractivity contribution in [2.45, 2.75) is 18.9 Å². The van der Waals surface area contributed by atoms with Crippen LogP contribution in [0.5, 0.6) is 5.75 Å². The molecule has 1 aliphatic heterocycles. The molecule has 146 valence electrons. The molecular weight excluding hydrogens is 358 g/mol. The van der Waals surface area contributed by atoms with Crippen LogP contribution in [0.3, 0.4) is 0 Å². The number of hydrogen-bond donors (Lipinski definition) is 2. The number of benzene rings is 2. The number of aromatic nitrogens is 1. The summed E-state index contributed by atoms with van der Waals surface area (Å²) in [5.41, 5.74) is 2.14. The van der Waals surface area contributed by atoms with Gasteiger partial charge in [0.2, 0.25) is 0 Å². The van der Waals surface area contributed by atoms with E-state index in [1.165, 1.54) is 12.8 Å². The quantitative estimate of drug-likeness (QED) is 0.685. The van der Waals surface area contributed by atoms with Crippen molar-refractivity contribution in [2.24, 2.45) is 0 Å². The number of aromatic amines is 1. The van der Waals surface area contributed by atoms with Gasteiger partial charge in [0.1, 0.15) is 5.75 Å². The molecule has 1 atom stereocenters. The van der Waals surface area contributed by atoms with Crippen molar-refractivity contribution in [1.29, 1.82) is 0 Å². The summed E-state index contributed by atoms with van der Waals surface area (Å²) in [5.74, 6) is -0.0683. The molecule has 7 nitrogen and oxygen atoms in total. The summed E-state index contributed by atoms with van der Waals surface area (Å²) in [4.78, 5) is 29.5. The topological polar surface area (TPSA) is 87.6 Å². The van der Waals surface area contributed by atoms with E-state index in [1.807, 2.05) is 24.3 Å². The van der Waals surface area contributed by atoms with E-state index in [-0.39, 0.29) is 17.5 Å². The zero-order valence-electron chi connectivity index (χ0n) is 15.7. The first-order chi connectivity index (χ1) is 13.6. The number of hydrogen-bond acceptors (Lipinski definition) is 5. The van der Waals surface area contributed by atoms with Gasteiger partial charge in [-0.3, -0.25) is 9.78 Å². The number of para-hydroxylation sites is 1. The number of oxazole rings is 1. The summed E-state index contributed by atoms with van der Waals surface area (Å²) >= 11 is 0. The normalized spacial score (nSPS) is 15.6. The van der Waals surface area contributed by atoms with Gasteiger partial charge in [-0.25, -0.2) is 4.79 Å².